The number of hydrogen-bond acceptors (Lipinski definition) is 2. The highest BCUT2D eigenvalue weighted by Crippen LogP contribution is 2.50. The molecule has 1 aliphatic rings. The number of ether oxygens (including phenoxy) is 1. The van der Waals surface area contributed by atoms with Crippen LogP contribution >= 0.6 is 11.6 Å². The number of ketones is 1. The van der Waals surface area contributed by atoms with Gasteiger partial charge >= 0.3 is 0 Å². The van der Waals surface area contributed by atoms with Gasteiger partial charge in [0.1, 0.15) is 5.75 Å². The summed E-state index contributed by atoms with van der Waals surface area (Å²) in [6, 6.07) is 14.0. The van der Waals surface area contributed by atoms with Gasteiger partial charge in [-0.3, -0.25) is 4.79 Å². The fraction of sp³-hybridized carbons (Fsp3) is 0.409. The highest BCUT2D eigenvalue weighted by Gasteiger charge is 2.33. The average Bonchev–Trinajstić information content (AvgIpc) is 2.54. The van der Waals surface area contributed by atoms with Crippen LogP contribution in [0.4, 0.5) is 0 Å². The Labute approximate surface area is 155 Å². The van der Waals surface area contributed by atoms with Gasteiger partial charge in [-0.05, 0) is 72.1 Å². The number of methoxy groups -OCH3 is 1. The monoisotopic (exact) mass is 356 g/mol. The summed E-state index contributed by atoms with van der Waals surface area (Å²) >= 11 is 5.98. The van der Waals surface area contributed by atoms with E-state index in [9.17, 15) is 4.79 Å². The minimum Gasteiger partial charge on any atom is -0.496 e. The molecule has 0 aromatic heterocycles. The van der Waals surface area contributed by atoms with Gasteiger partial charge in [-0.25, -0.2) is 0 Å². The highest BCUT2D eigenvalue weighted by atomic mass is 35.5. The maximum Gasteiger partial charge on any atom is 0.163 e. The SMILES string of the molecule is COc1ccc(C(=O)CC(C)C)cc1C1CC(c2ccc(Cl)cc2)C1. The molecule has 0 bridgehead atoms. The first-order valence-corrected chi connectivity index (χ1v) is 9.32. The summed E-state index contributed by atoms with van der Waals surface area (Å²) in [5, 5.41) is 0.776. The molecule has 0 N–H and O–H groups in total. The Morgan fingerprint density at radius 3 is 2.40 bits per heavy atom. The van der Waals surface area contributed by atoms with Crippen LogP contribution in [-0.4, -0.2) is 12.9 Å². The third kappa shape index (κ3) is 4.07. The van der Waals surface area contributed by atoms with E-state index >= 15 is 0 Å². The maximum absolute atomic E-state index is 12.4. The summed E-state index contributed by atoms with van der Waals surface area (Å²) in [6.07, 6.45) is 2.75. The lowest BCUT2D eigenvalue weighted by atomic mass is 9.68. The Bertz CT molecular complexity index is 743. The summed E-state index contributed by atoms with van der Waals surface area (Å²) in [6.45, 7) is 4.15. The number of halogens is 1. The quantitative estimate of drug-likeness (QED) is 0.573. The van der Waals surface area contributed by atoms with Gasteiger partial charge in [-0.15, -0.1) is 0 Å². The lowest BCUT2D eigenvalue weighted by Gasteiger charge is -2.37. The van der Waals surface area contributed by atoms with E-state index in [2.05, 4.69) is 26.0 Å². The average molecular weight is 357 g/mol. The molecular weight excluding hydrogens is 332 g/mol. The third-order valence-electron chi connectivity index (χ3n) is 5.06. The van der Waals surface area contributed by atoms with Crippen molar-refractivity contribution in [2.24, 2.45) is 5.92 Å². The summed E-state index contributed by atoms with van der Waals surface area (Å²) < 4.78 is 5.55. The molecule has 1 aliphatic carbocycles. The number of rotatable bonds is 6. The zero-order chi connectivity index (χ0) is 18.0. The van der Waals surface area contributed by atoms with E-state index in [4.69, 9.17) is 16.3 Å². The van der Waals surface area contributed by atoms with Crippen LogP contribution in [0, 0.1) is 5.92 Å². The number of benzene rings is 2. The molecule has 1 saturated carbocycles. The standard InChI is InChI=1S/C22H25ClO2/c1-14(2)10-21(24)16-6-9-22(25-3)20(13-16)18-11-17(12-18)15-4-7-19(23)8-5-15/h4-9,13-14,17-18H,10-12H2,1-3H3. The molecule has 3 heteroatoms. The maximum atomic E-state index is 12.4. The van der Waals surface area contributed by atoms with Crippen molar-refractivity contribution >= 4 is 17.4 Å². The summed E-state index contributed by atoms with van der Waals surface area (Å²) in [5.41, 5.74) is 3.31. The smallest absolute Gasteiger partial charge is 0.163 e. The minimum atomic E-state index is 0.215. The van der Waals surface area contributed by atoms with Gasteiger partial charge in [0.05, 0.1) is 7.11 Å². The van der Waals surface area contributed by atoms with Gasteiger partial charge in [0.15, 0.2) is 5.78 Å². The van der Waals surface area contributed by atoms with Crippen molar-refractivity contribution < 1.29 is 9.53 Å². The Kier molecular flexibility index (Phi) is 5.48. The number of Topliss-reactive ketones (excluding diaryl/α,β-unsaturated/α-hetero) is 1. The first kappa shape index (κ1) is 18.0. The van der Waals surface area contributed by atoms with Crippen LogP contribution in [0.2, 0.25) is 5.02 Å². The molecule has 25 heavy (non-hydrogen) atoms. The van der Waals surface area contributed by atoms with Crippen molar-refractivity contribution in [3.63, 3.8) is 0 Å². The molecule has 0 spiro atoms. The van der Waals surface area contributed by atoms with Crippen molar-refractivity contribution in [1.29, 1.82) is 0 Å². The van der Waals surface area contributed by atoms with Crippen molar-refractivity contribution in [3.8, 4) is 5.75 Å². The van der Waals surface area contributed by atoms with Crippen LogP contribution in [0.5, 0.6) is 5.75 Å². The first-order valence-electron chi connectivity index (χ1n) is 8.94. The molecule has 0 atom stereocenters. The van der Waals surface area contributed by atoms with E-state index in [-0.39, 0.29) is 5.78 Å². The van der Waals surface area contributed by atoms with Crippen molar-refractivity contribution in [2.75, 3.05) is 7.11 Å². The van der Waals surface area contributed by atoms with Crippen molar-refractivity contribution in [1.82, 2.24) is 0 Å². The number of carbonyl (C=O) groups is 1. The fourth-order valence-corrected chi connectivity index (χ4v) is 3.72. The van der Waals surface area contributed by atoms with Crippen LogP contribution in [0.3, 0.4) is 0 Å². The number of carbonyl (C=O) groups excluding carboxylic acids is 1. The molecule has 132 valence electrons. The largest absolute Gasteiger partial charge is 0.496 e. The summed E-state index contributed by atoms with van der Waals surface area (Å²) in [7, 11) is 1.70. The van der Waals surface area contributed by atoms with Crippen molar-refractivity contribution in [2.45, 2.75) is 44.9 Å². The normalized spacial score (nSPS) is 19.6. The molecule has 0 radical (unpaired) electrons. The van der Waals surface area contributed by atoms with Crippen molar-refractivity contribution in [3.05, 3.63) is 64.2 Å². The van der Waals surface area contributed by atoms with Crippen LogP contribution in [0.15, 0.2) is 42.5 Å². The second kappa shape index (κ2) is 7.61. The topological polar surface area (TPSA) is 26.3 Å². The molecule has 2 aromatic rings. The second-order valence-corrected chi connectivity index (χ2v) is 7.83. The Hall–Kier alpha value is -1.80. The summed E-state index contributed by atoms with van der Waals surface area (Å²) in [4.78, 5) is 12.4. The van der Waals surface area contributed by atoms with E-state index in [0.717, 1.165) is 29.2 Å². The molecule has 0 aliphatic heterocycles. The molecule has 0 unspecified atom stereocenters. The predicted molar refractivity (Wildman–Crippen MR) is 103 cm³/mol. The first-order chi connectivity index (χ1) is 12.0. The minimum absolute atomic E-state index is 0.215. The van der Waals surface area contributed by atoms with E-state index in [0.29, 0.717) is 24.2 Å². The molecular formula is C22H25ClO2. The van der Waals surface area contributed by atoms with Gasteiger partial charge in [-0.2, -0.15) is 0 Å². The molecule has 3 rings (SSSR count). The van der Waals surface area contributed by atoms with Gasteiger partial charge in [0, 0.05) is 17.0 Å². The molecule has 0 heterocycles. The summed E-state index contributed by atoms with van der Waals surface area (Å²) in [5.74, 6) is 2.48. The second-order valence-electron chi connectivity index (χ2n) is 7.39. The molecule has 2 aromatic carbocycles. The van der Waals surface area contributed by atoms with Crippen LogP contribution in [-0.2, 0) is 0 Å². The molecule has 0 amide bonds. The third-order valence-corrected chi connectivity index (χ3v) is 5.32. The Morgan fingerprint density at radius 2 is 1.80 bits per heavy atom. The van der Waals surface area contributed by atoms with Gasteiger partial charge in [0.25, 0.3) is 0 Å². The van der Waals surface area contributed by atoms with Gasteiger partial charge < -0.3 is 4.74 Å². The highest BCUT2D eigenvalue weighted by molar-refractivity contribution is 6.30. The van der Waals surface area contributed by atoms with E-state index < -0.39 is 0 Å². The Morgan fingerprint density at radius 1 is 1.12 bits per heavy atom. The number of hydrogen-bond donors (Lipinski definition) is 0. The molecule has 1 fully saturated rings. The van der Waals surface area contributed by atoms with Crippen LogP contribution in [0.1, 0.15) is 66.4 Å². The van der Waals surface area contributed by atoms with E-state index in [1.165, 1.54) is 11.1 Å². The predicted octanol–water partition coefficient (Wildman–Crippen LogP) is 6.24. The van der Waals surface area contributed by atoms with Gasteiger partial charge in [0.2, 0.25) is 0 Å². The zero-order valence-corrected chi connectivity index (χ0v) is 15.8. The van der Waals surface area contributed by atoms with Crippen LogP contribution < -0.4 is 4.74 Å². The lowest BCUT2D eigenvalue weighted by molar-refractivity contribution is 0.0967. The molecule has 0 saturated heterocycles. The van der Waals surface area contributed by atoms with E-state index in [1.807, 2.05) is 30.3 Å². The zero-order valence-electron chi connectivity index (χ0n) is 15.1. The van der Waals surface area contributed by atoms with Gasteiger partial charge in [-0.1, -0.05) is 37.6 Å². The fourth-order valence-electron chi connectivity index (χ4n) is 3.59. The van der Waals surface area contributed by atoms with Crippen LogP contribution in [0.25, 0.3) is 0 Å². The Balaban J connectivity index is 1.75. The van der Waals surface area contributed by atoms with E-state index in [1.54, 1.807) is 7.11 Å². The lowest BCUT2D eigenvalue weighted by Crippen LogP contribution is -2.21. The molecule has 2 nitrogen and oxygen atoms in total.